The lowest BCUT2D eigenvalue weighted by Crippen LogP contribution is -2.24. The standard InChI is InChI=1S/C24H24N4O2S2/c1-16-14-31-24(27-16)32-15-19-18-6-2-3-7-20(18)30-22(19)23(29)26-13-17-8-9-25-21(12-17)28-10-4-5-11-28/h2-3,6-9,12,14H,4-5,10-11,13,15H2,1H3,(H,26,29). The summed E-state index contributed by atoms with van der Waals surface area (Å²) in [6.07, 6.45) is 4.22. The summed E-state index contributed by atoms with van der Waals surface area (Å²) >= 11 is 3.25. The van der Waals surface area contributed by atoms with Crippen molar-refractivity contribution in [1.82, 2.24) is 15.3 Å². The molecule has 8 heteroatoms. The minimum atomic E-state index is -0.202. The van der Waals surface area contributed by atoms with Gasteiger partial charge >= 0.3 is 0 Å². The maximum atomic E-state index is 13.1. The second-order valence-corrected chi connectivity index (χ2v) is 9.93. The SMILES string of the molecule is Cc1csc(SCc2c(C(=O)NCc3ccnc(N4CCCC4)c3)oc3ccccc23)n1. The molecule has 1 N–H and O–H groups in total. The van der Waals surface area contributed by atoms with Gasteiger partial charge in [-0.15, -0.1) is 11.3 Å². The molecule has 1 amide bonds. The van der Waals surface area contributed by atoms with E-state index in [1.165, 1.54) is 12.8 Å². The van der Waals surface area contributed by atoms with E-state index in [1.54, 1.807) is 23.1 Å². The number of amides is 1. The van der Waals surface area contributed by atoms with Gasteiger partial charge in [-0.1, -0.05) is 30.0 Å². The Kier molecular flexibility index (Phi) is 6.14. The molecule has 0 radical (unpaired) electrons. The zero-order valence-corrected chi connectivity index (χ0v) is 19.5. The normalized spacial score (nSPS) is 13.7. The summed E-state index contributed by atoms with van der Waals surface area (Å²) in [6, 6.07) is 11.8. The molecule has 3 aromatic heterocycles. The fraction of sp³-hybridized carbons (Fsp3) is 0.292. The fourth-order valence-electron chi connectivity index (χ4n) is 3.91. The molecule has 4 heterocycles. The number of hydrogen-bond donors (Lipinski definition) is 1. The highest BCUT2D eigenvalue weighted by molar-refractivity contribution is 8.00. The minimum Gasteiger partial charge on any atom is -0.451 e. The third kappa shape index (κ3) is 4.52. The molecular weight excluding hydrogens is 440 g/mol. The smallest absolute Gasteiger partial charge is 0.287 e. The molecule has 164 valence electrons. The number of aromatic nitrogens is 2. The molecule has 0 bridgehead atoms. The summed E-state index contributed by atoms with van der Waals surface area (Å²) in [6.45, 7) is 4.50. The fourth-order valence-corrected chi connectivity index (χ4v) is 5.79. The van der Waals surface area contributed by atoms with E-state index in [0.29, 0.717) is 18.1 Å². The first-order valence-corrected chi connectivity index (χ1v) is 12.6. The molecule has 0 spiro atoms. The van der Waals surface area contributed by atoms with Gasteiger partial charge in [0.1, 0.15) is 15.7 Å². The Morgan fingerprint density at radius 1 is 1.25 bits per heavy atom. The number of thioether (sulfide) groups is 1. The lowest BCUT2D eigenvalue weighted by Gasteiger charge is -2.16. The Morgan fingerprint density at radius 3 is 2.91 bits per heavy atom. The van der Waals surface area contributed by atoms with Gasteiger partial charge in [0.2, 0.25) is 0 Å². The van der Waals surface area contributed by atoms with Crippen LogP contribution in [0.5, 0.6) is 0 Å². The highest BCUT2D eigenvalue weighted by Gasteiger charge is 2.21. The molecule has 0 saturated carbocycles. The van der Waals surface area contributed by atoms with E-state index in [4.69, 9.17) is 4.42 Å². The molecule has 6 nitrogen and oxygen atoms in total. The van der Waals surface area contributed by atoms with E-state index in [0.717, 1.165) is 51.0 Å². The molecule has 1 aliphatic heterocycles. The van der Waals surface area contributed by atoms with Crippen molar-refractivity contribution in [3.8, 4) is 0 Å². The number of benzene rings is 1. The number of hydrogen-bond acceptors (Lipinski definition) is 7. The zero-order chi connectivity index (χ0) is 21.9. The lowest BCUT2D eigenvalue weighted by molar-refractivity contribution is 0.0924. The molecule has 1 saturated heterocycles. The van der Waals surface area contributed by atoms with Crippen molar-refractivity contribution in [2.75, 3.05) is 18.0 Å². The Morgan fingerprint density at radius 2 is 2.09 bits per heavy atom. The van der Waals surface area contributed by atoms with Gasteiger partial charge < -0.3 is 14.6 Å². The highest BCUT2D eigenvalue weighted by Crippen LogP contribution is 2.33. The van der Waals surface area contributed by atoms with Crippen molar-refractivity contribution in [2.24, 2.45) is 0 Å². The van der Waals surface area contributed by atoms with Crippen LogP contribution in [0.2, 0.25) is 0 Å². The van der Waals surface area contributed by atoms with Crippen molar-refractivity contribution in [3.05, 3.63) is 70.6 Å². The Bertz CT molecular complexity index is 1240. The molecule has 1 aromatic carbocycles. The average Bonchev–Trinajstić information content (AvgIpc) is 3.56. The number of para-hydroxylation sites is 1. The van der Waals surface area contributed by atoms with Crippen molar-refractivity contribution in [3.63, 3.8) is 0 Å². The average molecular weight is 465 g/mol. The number of carbonyl (C=O) groups is 1. The van der Waals surface area contributed by atoms with Crippen molar-refractivity contribution >= 4 is 45.8 Å². The first-order chi connectivity index (χ1) is 15.7. The summed E-state index contributed by atoms with van der Waals surface area (Å²) in [5.41, 5.74) is 3.67. The monoisotopic (exact) mass is 464 g/mol. The van der Waals surface area contributed by atoms with Gasteiger partial charge in [-0.25, -0.2) is 9.97 Å². The van der Waals surface area contributed by atoms with E-state index in [9.17, 15) is 4.79 Å². The van der Waals surface area contributed by atoms with Gasteiger partial charge in [-0.3, -0.25) is 4.79 Å². The van der Waals surface area contributed by atoms with E-state index in [1.807, 2.05) is 48.8 Å². The van der Waals surface area contributed by atoms with E-state index >= 15 is 0 Å². The minimum absolute atomic E-state index is 0.202. The van der Waals surface area contributed by atoms with Crippen LogP contribution in [-0.2, 0) is 12.3 Å². The second-order valence-electron chi connectivity index (χ2n) is 7.85. The second kappa shape index (κ2) is 9.34. The third-order valence-electron chi connectivity index (χ3n) is 5.54. The number of furan rings is 1. The van der Waals surface area contributed by atoms with Crippen LogP contribution in [0.25, 0.3) is 11.0 Å². The lowest BCUT2D eigenvalue weighted by atomic mass is 10.1. The van der Waals surface area contributed by atoms with Gasteiger partial charge in [0, 0.05) is 53.6 Å². The van der Waals surface area contributed by atoms with Crippen molar-refractivity contribution < 1.29 is 9.21 Å². The predicted molar refractivity (Wildman–Crippen MR) is 129 cm³/mol. The number of carbonyl (C=O) groups excluding carboxylic acids is 1. The Balaban J connectivity index is 1.33. The van der Waals surface area contributed by atoms with Crippen LogP contribution < -0.4 is 10.2 Å². The van der Waals surface area contributed by atoms with Crippen LogP contribution in [0.15, 0.2) is 56.7 Å². The summed E-state index contributed by atoms with van der Waals surface area (Å²) < 4.78 is 6.98. The first-order valence-electron chi connectivity index (χ1n) is 10.7. The number of thiazole rings is 1. The van der Waals surface area contributed by atoms with Crippen LogP contribution in [0, 0.1) is 6.92 Å². The van der Waals surface area contributed by atoms with Crippen molar-refractivity contribution in [2.45, 2.75) is 36.4 Å². The Hall–Kier alpha value is -2.84. The maximum absolute atomic E-state index is 13.1. The van der Waals surface area contributed by atoms with Crippen LogP contribution in [0.3, 0.4) is 0 Å². The molecular formula is C24H24N4O2S2. The van der Waals surface area contributed by atoms with Gasteiger partial charge in [-0.2, -0.15) is 0 Å². The first kappa shape index (κ1) is 21.0. The number of nitrogens with one attached hydrogen (secondary N) is 1. The molecule has 0 aliphatic carbocycles. The quantitative estimate of drug-likeness (QED) is 0.369. The molecule has 0 unspecified atom stereocenters. The van der Waals surface area contributed by atoms with Gasteiger partial charge in [0.15, 0.2) is 5.76 Å². The van der Waals surface area contributed by atoms with E-state index in [2.05, 4.69) is 26.3 Å². The molecule has 5 rings (SSSR count). The number of anilines is 1. The van der Waals surface area contributed by atoms with E-state index < -0.39 is 0 Å². The van der Waals surface area contributed by atoms with Gasteiger partial charge in [-0.05, 0) is 43.5 Å². The van der Waals surface area contributed by atoms with Gasteiger partial charge in [0.25, 0.3) is 5.91 Å². The number of pyridine rings is 1. The number of fused-ring (bicyclic) bond motifs is 1. The third-order valence-corrected chi connectivity index (χ3v) is 7.70. The number of nitrogens with zero attached hydrogens (tertiary/aromatic N) is 3. The maximum Gasteiger partial charge on any atom is 0.287 e. The van der Waals surface area contributed by atoms with Crippen LogP contribution in [-0.4, -0.2) is 29.0 Å². The summed E-state index contributed by atoms with van der Waals surface area (Å²) in [7, 11) is 0. The molecule has 4 aromatic rings. The van der Waals surface area contributed by atoms with Crippen LogP contribution >= 0.6 is 23.1 Å². The van der Waals surface area contributed by atoms with Gasteiger partial charge in [0.05, 0.1) is 0 Å². The van der Waals surface area contributed by atoms with E-state index in [-0.39, 0.29) is 5.91 Å². The summed E-state index contributed by atoms with van der Waals surface area (Å²) in [5.74, 6) is 1.78. The summed E-state index contributed by atoms with van der Waals surface area (Å²) in [4.78, 5) is 24.4. The largest absolute Gasteiger partial charge is 0.451 e. The number of rotatable bonds is 7. The zero-order valence-electron chi connectivity index (χ0n) is 17.8. The topological polar surface area (TPSA) is 71.3 Å². The van der Waals surface area contributed by atoms with Crippen molar-refractivity contribution in [1.29, 1.82) is 0 Å². The molecule has 1 fully saturated rings. The molecule has 1 aliphatic rings. The molecule has 0 atom stereocenters. The number of aryl methyl sites for hydroxylation is 1. The predicted octanol–water partition coefficient (Wildman–Crippen LogP) is 5.42. The van der Waals surface area contributed by atoms with Crippen LogP contribution in [0.4, 0.5) is 5.82 Å². The molecule has 32 heavy (non-hydrogen) atoms. The van der Waals surface area contributed by atoms with Crippen LogP contribution in [0.1, 0.15) is 40.2 Å². The highest BCUT2D eigenvalue weighted by atomic mass is 32.2. The Labute approximate surface area is 195 Å². The summed E-state index contributed by atoms with van der Waals surface area (Å²) in [5, 5.41) is 6.04.